The van der Waals surface area contributed by atoms with E-state index in [1.165, 1.54) is 12.4 Å². The van der Waals surface area contributed by atoms with Gasteiger partial charge in [-0.2, -0.15) is 0 Å². The van der Waals surface area contributed by atoms with Crippen LogP contribution in [0.15, 0.2) is 36.4 Å². The van der Waals surface area contributed by atoms with Gasteiger partial charge in [0.15, 0.2) is 17.3 Å². The molecule has 0 radical (unpaired) electrons. The van der Waals surface area contributed by atoms with Crippen molar-refractivity contribution in [2.24, 2.45) is 11.8 Å². The molecule has 0 saturated heterocycles. The molecule has 8 heteroatoms. The van der Waals surface area contributed by atoms with E-state index in [0.717, 1.165) is 60.6 Å². The zero-order valence-electron chi connectivity index (χ0n) is 16.6. The first-order chi connectivity index (χ1) is 15.1. The molecule has 31 heavy (non-hydrogen) atoms. The first-order valence-corrected chi connectivity index (χ1v) is 10.9. The molecule has 1 fully saturated rings. The van der Waals surface area contributed by atoms with Gasteiger partial charge >= 0.3 is 0 Å². The number of nitrogens with one attached hydrogen (secondary N) is 1. The molecule has 0 amide bonds. The molecule has 2 bridgehead atoms. The lowest BCUT2D eigenvalue weighted by molar-refractivity contribution is -0.105. The largest absolute Gasteiger partial charge is 0.345 e. The van der Waals surface area contributed by atoms with Crippen LogP contribution in [0.4, 0.5) is 4.39 Å². The van der Waals surface area contributed by atoms with Crippen LogP contribution in [0.5, 0.6) is 0 Å². The van der Waals surface area contributed by atoms with Crippen LogP contribution in [0.2, 0.25) is 5.02 Å². The van der Waals surface area contributed by atoms with Gasteiger partial charge in [-0.15, -0.1) is 0 Å². The number of fused-ring (bicyclic) bond motifs is 4. The number of allylic oxidation sites excluding steroid dienone is 2. The highest BCUT2D eigenvalue weighted by Gasteiger charge is 2.34. The Morgan fingerprint density at radius 2 is 2.13 bits per heavy atom. The van der Waals surface area contributed by atoms with Gasteiger partial charge in [0.25, 0.3) is 0 Å². The molecule has 2 aliphatic rings. The van der Waals surface area contributed by atoms with Crippen LogP contribution in [0, 0.1) is 17.7 Å². The summed E-state index contributed by atoms with van der Waals surface area (Å²) < 4.78 is 16.6. The van der Waals surface area contributed by atoms with E-state index in [4.69, 9.17) is 16.6 Å². The number of H-pyrrole nitrogens is 1. The molecular weight excluding hydrogens is 417 g/mol. The molecule has 0 aromatic carbocycles. The molecule has 4 aromatic rings. The second-order valence-corrected chi connectivity index (χ2v) is 8.93. The summed E-state index contributed by atoms with van der Waals surface area (Å²) in [4.78, 5) is 28.5. The van der Waals surface area contributed by atoms with Gasteiger partial charge in [-0.05, 0) is 31.2 Å². The number of hydrogen-bond donors (Lipinski definition) is 1. The smallest absolute Gasteiger partial charge is 0.163 e. The van der Waals surface area contributed by atoms with Crippen LogP contribution < -0.4 is 0 Å². The molecule has 156 valence electrons. The summed E-state index contributed by atoms with van der Waals surface area (Å²) in [6.07, 6.45) is 12.3. The number of aromatic nitrogens is 5. The van der Waals surface area contributed by atoms with E-state index in [0.29, 0.717) is 33.4 Å². The van der Waals surface area contributed by atoms with Crippen molar-refractivity contribution in [2.75, 3.05) is 0 Å². The second-order valence-electron chi connectivity index (χ2n) is 8.49. The number of carbonyl (C=O) groups excluding carboxylic acids is 1. The summed E-state index contributed by atoms with van der Waals surface area (Å²) in [5, 5.41) is 1.65. The Bertz CT molecular complexity index is 1390. The highest BCUT2D eigenvalue weighted by atomic mass is 35.5. The van der Waals surface area contributed by atoms with E-state index < -0.39 is 0 Å². The predicted molar refractivity (Wildman–Crippen MR) is 117 cm³/mol. The molecule has 0 spiro atoms. The van der Waals surface area contributed by atoms with Gasteiger partial charge in [0.05, 0.1) is 10.4 Å². The molecule has 1 saturated carbocycles. The van der Waals surface area contributed by atoms with Crippen LogP contribution in [0.3, 0.4) is 0 Å². The van der Waals surface area contributed by atoms with Crippen LogP contribution >= 0.6 is 11.6 Å². The van der Waals surface area contributed by atoms with Crippen molar-refractivity contribution in [1.82, 2.24) is 24.5 Å². The number of nitrogens with zero attached hydrogens (tertiary/aromatic N) is 4. The number of halogens is 2. The van der Waals surface area contributed by atoms with Gasteiger partial charge in [-0.1, -0.05) is 24.4 Å². The second kappa shape index (κ2) is 6.99. The average molecular weight is 436 g/mol. The van der Waals surface area contributed by atoms with Crippen LogP contribution in [-0.4, -0.2) is 30.8 Å². The van der Waals surface area contributed by atoms with Crippen LogP contribution in [0.1, 0.15) is 32.1 Å². The number of pyridine rings is 1. The van der Waals surface area contributed by atoms with E-state index in [1.807, 2.05) is 0 Å². The van der Waals surface area contributed by atoms with Crippen LogP contribution in [0.25, 0.3) is 39.2 Å². The van der Waals surface area contributed by atoms with Gasteiger partial charge in [0, 0.05) is 52.9 Å². The van der Waals surface area contributed by atoms with Gasteiger partial charge < -0.3 is 9.55 Å². The van der Waals surface area contributed by atoms with Gasteiger partial charge in [-0.3, -0.25) is 4.79 Å². The van der Waals surface area contributed by atoms with E-state index in [1.54, 1.807) is 23.0 Å². The van der Waals surface area contributed by atoms with Crippen molar-refractivity contribution < 1.29 is 9.18 Å². The Hall–Kier alpha value is -3.06. The zero-order valence-corrected chi connectivity index (χ0v) is 17.4. The quantitative estimate of drug-likeness (QED) is 0.438. The topological polar surface area (TPSA) is 76.5 Å². The SMILES string of the molecule is O=CC1=C(n2cc(F)c3cnc(-c4c[nH]c5ncc(Cl)cc45)nc32)C2CCCC(C1)C2. The van der Waals surface area contributed by atoms with E-state index in [2.05, 4.69) is 15.0 Å². The number of carbonyl (C=O) groups is 1. The first-order valence-electron chi connectivity index (χ1n) is 10.5. The number of aldehydes is 1. The number of rotatable bonds is 3. The maximum absolute atomic E-state index is 14.8. The molecule has 6 nitrogen and oxygen atoms in total. The third-order valence-corrected chi connectivity index (χ3v) is 6.85. The minimum absolute atomic E-state index is 0.247. The average Bonchev–Trinajstić information content (AvgIpc) is 3.34. The normalized spacial score (nSPS) is 21.2. The van der Waals surface area contributed by atoms with Crippen molar-refractivity contribution in [2.45, 2.75) is 32.1 Å². The Morgan fingerprint density at radius 3 is 3.00 bits per heavy atom. The van der Waals surface area contributed by atoms with Gasteiger partial charge in [0.1, 0.15) is 11.9 Å². The summed E-state index contributed by atoms with van der Waals surface area (Å²) in [5.41, 5.74) is 3.56. The first kappa shape index (κ1) is 18.7. The van der Waals surface area contributed by atoms with E-state index in [9.17, 15) is 9.18 Å². The lowest BCUT2D eigenvalue weighted by atomic mass is 9.71. The maximum atomic E-state index is 14.8. The molecule has 4 heterocycles. The van der Waals surface area contributed by atoms with Crippen molar-refractivity contribution in [3.05, 3.63) is 47.3 Å². The molecule has 0 aliphatic heterocycles. The molecule has 1 N–H and O–H groups in total. The summed E-state index contributed by atoms with van der Waals surface area (Å²) >= 11 is 6.13. The maximum Gasteiger partial charge on any atom is 0.163 e. The molecule has 2 atom stereocenters. The minimum Gasteiger partial charge on any atom is -0.345 e. The van der Waals surface area contributed by atoms with Gasteiger partial charge in [0.2, 0.25) is 0 Å². The van der Waals surface area contributed by atoms with E-state index in [-0.39, 0.29) is 11.7 Å². The number of aromatic amines is 1. The van der Waals surface area contributed by atoms with Gasteiger partial charge in [-0.25, -0.2) is 19.3 Å². The summed E-state index contributed by atoms with van der Waals surface area (Å²) in [5.74, 6) is 0.855. The molecule has 2 unspecified atom stereocenters. The monoisotopic (exact) mass is 435 g/mol. The third-order valence-electron chi connectivity index (χ3n) is 6.64. The van der Waals surface area contributed by atoms with Crippen molar-refractivity contribution in [3.8, 4) is 11.4 Å². The van der Waals surface area contributed by atoms with E-state index >= 15 is 0 Å². The van der Waals surface area contributed by atoms with Crippen molar-refractivity contribution in [3.63, 3.8) is 0 Å². The lowest BCUT2D eigenvalue weighted by Gasteiger charge is -2.37. The van der Waals surface area contributed by atoms with Crippen molar-refractivity contribution in [1.29, 1.82) is 0 Å². The summed E-state index contributed by atoms with van der Waals surface area (Å²) in [6, 6.07) is 1.80. The molecular formula is C23H19ClFN5O. The molecule has 4 aromatic heterocycles. The fourth-order valence-electron chi connectivity index (χ4n) is 5.31. The minimum atomic E-state index is -0.388. The highest BCUT2D eigenvalue weighted by molar-refractivity contribution is 6.31. The Balaban J connectivity index is 1.56. The number of hydrogen-bond acceptors (Lipinski definition) is 4. The van der Waals surface area contributed by atoms with Crippen LogP contribution in [-0.2, 0) is 4.79 Å². The summed E-state index contributed by atoms with van der Waals surface area (Å²) in [6.45, 7) is 0. The molecule has 2 aliphatic carbocycles. The fraction of sp³-hybridized carbons (Fsp3) is 0.304. The third kappa shape index (κ3) is 2.91. The Kier molecular flexibility index (Phi) is 4.21. The standard InChI is InChI=1S/C23H19ClFN5O/c24-15-6-16-17(8-27-21(16)26-7-15)22-28-9-18-19(25)10-30(23(18)29-22)20-13-3-1-2-12(4-13)5-14(20)11-31/h6-13H,1-5H2,(H,26,27). The lowest BCUT2D eigenvalue weighted by Crippen LogP contribution is -2.26. The molecule has 6 rings (SSSR count). The summed E-state index contributed by atoms with van der Waals surface area (Å²) in [7, 11) is 0. The zero-order chi connectivity index (χ0) is 21.1. The highest BCUT2D eigenvalue weighted by Crippen LogP contribution is 2.45. The Morgan fingerprint density at radius 1 is 1.23 bits per heavy atom. The fourth-order valence-corrected chi connectivity index (χ4v) is 5.47. The predicted octanol–water partition coefficient (Wildman–Crippen LogP) is 5.39. The Labute approximate surface area is 182 Å². The van der Waals surface area contributed by atoms with Crippen molar-refractivity contribution >= 4 is 45.7 Å².